The Bertz CT molecular complexity index is 1020. The van der Waals surface area contributed by atoms with Crippen LogP contribution in [0.2, 0.25) is 0 Å². The molecule has 2 aromatic rings. The van der Waals surface area contributed by atoms with Crippen LogP contribution < -0.4 is 10.6 Å². The minimum absolute atomic E-state index is 0.234. The third kappa shape index (κ3) is 6.15. The minimum Gasteiger partial charge on any atom is -0.352 e. The molecule has 0 radical (unpaired) electrons. The Morgan fingerprint density at radius 2 is 1.74 bits per heavy atom. The van der Waals surface area contributed by atoms with Crippen molar-refractivity contribution >= 4 is 38.2 Å². The summed E-state index contributed by atoms with van der Waals surface area (Å²) in [4.78, 5) is 25.3. The third-order valence-electron chi connectivity index (χ3n) is 5.57. The van der Waals surface area contributed by atoms with Gasteiger partial charge in [0.1, 0.15) is 5.00 Å². The van der Waals surface area contributed by atoms with Gasteiger partial charge in [-0.3, -0.25) is 9.59 Å². The first kappa shape index (κ1) is 23.4. The lowest BCUT2D eigenvalue weighted by molar-refractivity contribution is 0.0943. The maximum atomic E-state index is 12.7. The van der Waals surface area contributed by atoms with Crippen molar-refractivity contribution in [2.24, 2.45) is 5.92 Å². The van der Waals surface area contributed by atoms with Gasteiger partial charge in [-0.25, -0.2) is 12.7 Å². The second-order valence-corrected chi connectivity index (χ2v) is 11.1. The van der Waals surface area contributed by atoms with Crippen LogP contribution >= 0.6 is 11.3 Å². The third-order valence-corrected chi connectivity index (χ3v) is 7.70. The smallest absolute Gasteiger partial charge is 0.256 e. The molecule has 2 heterocycles. The predicted molar refractivity (Wildman–Crippen MR) is 124 cm³/mol. The van der Waals surface area contributed by atoms with Gasteiger partial charge in [-0.1, -0.05) is 26.0 Å². The fraction of sp³-hybridized carbons (Fsp3) is 0.455. The topological polar surface area (TPSA) is 95.6 Å². The van der Waals surface area contributed by atoms with Crippen molar-refractivity contribution in [3.05, 3.63) is 52.4 Å². The van der Waals surface area contributed by atoms with Gasteiger partial charge in [0.15, 0.2) is 0 Å². The highest BCUT2D eigenvalue weighted by molar-refractivity contribution is 7.88. The van der Waals surface area contributed by atoms with Gasteiger partial charge in [0, 0.05) is 25.2 Å². The minimum atomic E-state index is -3.16. The van der Waals surface area contributed by atoms with Crippen LogP contribution in [0.15, 0.2) is 35.7 Å². The Labute approximate surface area is 187 Å². The van der Waals surface area contributed by atoms with Crippen LogP contribution in [0.5, 0.6) is 0 Å². The molecule has 1 saturated heterocycles. The lowest BCUT2D eigenvalue weighted by atomic mass is 9.98. The largest absolute Gasteiger partial charge is 0.352 e. The van der Waals surface area contributed by atoms with E-state index in [2.05, 4.69) is 24.5 Å². The van der Waals surface area contributed by atoms with Gasteiger partial charge in [0.2, 0.25) is 10.0 Å². The lowest BCUT2D eigenvalue weighted by Crippen LogP contribution is -2.41. The van der Waals surface area contributed by atoms with Crippen molar-refractivity contribution in [2.45, 2.75) is 32.6 Å². The highest BCUT2D eigenvalue weighted by Crippen LogP contribution is 2.25. The quantitative estimate of drug-likeness (QED) is 0.657. The van der Waals surface area contributed by atoms with Crippen molar-refractivity contribution < 1.29 is 18.0 Å². The standard InChI is InChI=1S/C22H29N3O4S2/c1-15(2)17-4-6-18(7-5-17)20(26)24-22-19(10-13-30-22)21(27)23-14-16-8-11-25(12-9-16)31(3,28)29/h4-7,10,13,15-16H,8-9,11-12,14H2,1-3H3,(H,23,27)(H,24,26). The van der Waals surface area contributed by atoms with E-state index in [0.717, 1.165) is 5.56 Å². The molecule has 0 saturated carbocycles. The Kier molecular flexibility index (Phi) is 7.51. The highest BCUT2D eigenvalue weighted by atomic mass is 32.2. The van der Waals surface area contributed by atoms with E-state index in [0.29, 0.717) is 54.5 Å². The molecule has 0 spiro atoms. The van der Waals surface area contributed by atoms with Crippen LogP contribution in [0.3, 0.4) is 0 Å². The summed E-state index contributed by atoms with van der Waals surface area (Å²) < 4.78 is 24.7. The number of sulfonamides is 1. The lowest BCUT2D eigenvalue weighted by Gasteiger charge is -2.30. The zero-order valence-electron chi connectivity index (χ0n) is 18.1. The van der Waals surface area contributed by atoms with Crippen molar-refractivity contribution in [2.75, 3.05) is 31.2 Å². The molecule has 1 fully saturated rings. The maximum Gasteiger partial charge on any atom is 0.256 e. The molecule has 0 unspecified atom stereocenters. The number of rotatable bonds is 7. The number of nitrogens with zero attached hydrogens (tertiary/aromatic N) is 1. The molecule has 9 heteroatoms. The molecule has 0 bridgehead atoms. The van der Waals surface area contributed by atoms with Crippen molar-refractivity contribution in [1.29, 1.82) is 0 Å². The Hall–Kier alpha value is -2.23. The summed E-state index contributed by atoms with van der Waals surface area (Å²) in [6.07, 6.45) is 2.65. The van der Waals surface area contributed by atoms with Crippen LogP contribution in [-0.2, 0) is 10.0 Å². The van der Waals surface area contributed by atoms with Crippen molar-refractivity contribution in [3.8, 4) is 0 Å². The van der Waals surface area contributed by atoms with E-state index in [1.165, 1.54) is 21.9 Å². The highest BCUT2D eigenvalue weighted by Gasteiger charge is 2.25. The molecule has 1 aromatic carbocycles. The molecule has 0 atom stereocenters. The molecule has 1 aromatic heterocycles. The molecular formula is C22H29N3O4S2. The number of carbonyl (C=O) groups excluding carboxylic acids is 2. The summed E-state index contributed by atoms with van der Waals surface area (Å²) in [6, 6.07) is 9.17. The normalized spacial score (nSPS) is 15.7. The van der Waals surface area contributed by atoms with E-state index in [1.54, 1.807) is 23.6 Å². The van der Waals surface area contributed by atoms with E-state index in [4.69, 9.17) is 0 Å². The molecular weight excluding hydrogens is 434 g/mol. The van der Waals surface area contributed by atoms with Crippen molar-refractivity contribution in [1.82, 2.24) is 9.62 Å². The molecule has 3 rings (SSSR count). The number of hydrogen-bond donors (Lipinski definition) is 2. The molecule has 2 N–H and O–H groups in total. The maximum absolute atomic E-state index is 12.7. The fourth-order valence-corrected chi connectivity index (χ4v) is 5.21. The first-order valence-corrected chi connectivity index (χ1v) is 13.1. The Morgan fingerprint density at radius 3 is 2.32 bits per heavy atom. The van der Waals surface area contributed by atoms with Crippen LogP contribution in [0.25, 0.3) is 0 Å². The Morgan fingerprint density at radius 1 is 1.10 bits per heavy atom. The van der Waals surface area contributed by atoms with E-state index < -0.39 is 10.0 Å². The van der Waals surface area contributed by atoms with Gasteiger partial charge in [-0.15, -0.1) is 11.3 Å². The summed E-state index contributed by atoms with van der Waals surface area (Å²) in [7, 11) is -3.16. The van der Waals surface area contributed by atoms with Crippen LogP contribution in [-0.4, -0.2) is 50.4 Å². The van der Waals surface area contributed by atoms with Crippen LogP contribution in [0, 0.1) is 5.92 Å². The zero-order valence-corrected chi connectivity index (χ0v) is 19.7. The second kappa shape index (κ2) is 9.93. The molecule has 7 nitrogen and oxygen atoms in total. The van der Waals surface area contributed by atoms with E-state index in [9.17, 15) is 18.0 Å². The molecule has 1 aliphatic heterocycles. The summed E-state index contributed by atoms with van der Waals surface area (Å²) in [6.45, 7) is 5.64. The summed E-state index contributed by atoms with van der Waals surface area (Å²) in [5.74, 6) is 0.138. The average molecular weight is 464 g/mol. The zero-order chi connectivity index (χ0) is 22.6. The predicted octanol–water partition coefficient (Wildman–Crippen LogP) is 3.53. The van der Waals surface area contributed by atoms with Gasteiger partial charge in [0.05, 0.1) is 11.8 Å². The molecule has 2 amide bonds. The molecule has 168 valence electrons. The van der Waals surface area contributed by atoms with Crippen LogP contribution in [0.1, 0.15) is 58.9 Å². The van der Waals surface area contributed by atoms with Gasteiger partial charge in [-0.05, 0) is 53.8 Å². The van der Waals surface area contributed by atoms with Gasteiger partial charge in [0.25, 0.3) is 11.8 Å². The Balaban J connectivity index is 1.55. The van der Waals surface area contributed by atoms with E-state index >= 15 is 0 Å². The first-order chi connectivity index (χ1) is 14.6. The molecule has 0 aliphatic carbocycles. The van der Waals surface area contributed by atoms with Crippen LogP contribution in [0.4, 0.5) is 5.00 Å². The average Bonchev–Trinajstić information content (AvgIpc) is 3.20. The number of carbonyl (C=O) groups is 2. The number of amides is 2. The summed E-state index contributed by atoms with van der Waals surface area (Å²) >= 11 is 1.31. The van der Waals surface area contributed by atoms with Gasteiger partial charge in [-0.2, -0.15) is 0 Å². The molecule has 1 aliphatic rings. The fourth-order valence-electron chi connectivity index (χ4n) is 3.56. The molecule has 31 heavy (non-hydrogen) atoms. The van der Waals surface area contributed by atoms with Crippen molar-refractivity contribution in [3.63, 3.8) is 0 Å². The first-order valence-electron chi connectivity index (χ1n) is 10.4. The SMILES string of the molecule is CC(C)c1ccc(C(=O)Nc2sccc2C(=O)NCC2CCN(S(C)(=O)=O)CC2)cc1. The number of nitrogens with one attached hydrogen (secondary N) is 2. The number of benzene rings is 1. The summed E-state index contributed by atoms with van der Waals surface area (Å²) in [5.41, 5.74) is 2.14. The number of piperidine rings is 1. The van der Waals surface area contributed by atoms with Gasteiger partial charge < -0.3 is 10.6 Å². The van der Waals surface area contributed by atoms with E-state index in [1.807, 2.05) is 12.1 Å². The second-order valence-electron chi connectivity index (χ2n) is 8.21. The monoisotopic (exact) mass is 463 g/mol. The number of anilines is 1. The van der Waals surface area contributed by atoms with E-state index in [-0.39, 0.29) is 17.7 Å². The number of thiophene rings is 1. The summed E-state index contributed by atoms with van der Waals surface area (Å²) in [5, 5.41) is 8.06. The van der Waals surface area contributed by atoms with Gasteiger partial charge >= 0.3 is 0 Å². The number of hydrogen-bond acceptors (Lipinski definition) is 5.